The van der Waals surface area contributed by atoms with Crippen molar-refractivity contribution >= 4 is 5.78 Å². The Balaban J connectivity index is 2.53. The molecule has 1 nitrogen and oxygen atoms in total. The van der Waals surface area contributed by atoms with Crippen LogP contribution in [0.3, 0.4) is 0 Å². The third kappa shape index (κ3) is 3.42. The largest absolute Gasteiger partial charge is 0.305 e. The predicted octanol–water partition coefficient (Wildman–Crippen LogP) is 3.23. The Morgan fingerprint density at radius 1 is 1.27 bits per heavy atom. The lowest BCUT2D eigenvalue weighted by Crippen LogP contribution is -2.28. The van der Waals surface area contributed by atoms with Gasteiger partial charge in [0.05, 0.1) is 0 Å². The first-order valence-electron chi connectivity index (χ1n) is 5.01. The lowest BCUT2D eigenvalue weighted by molar-refractivity contribution is -0.143. The highest BCUT2D eigenvalue weighted by atomic mass is 19.3. The molecule has 0 atom stereocenters. The molecule has 0 amide bonds. The molecule has 0 saturated heterocycles. The summed E-state index contributed by atoms with van der Waals surface area (Å²) >= 11 is 0. The van der Waals surface area contributed by atoms with Gasteiger partial charge >= 0.3 is 5.92 Å². The third-order valence-electron chi connectivity index (χ3n) is 2.30. The van der Waals surface area contributed by atoms with E-state index in [-0.39, 0.29) is 12.8 Å². The highest BCUT2D eigenvalue weighted by Crippen LogP contribution is 2.23. The van der Waals surface area contributed by atoms with E-state index >= 15 is 0 Å². The molecule has 1 aromatic rings. The van der Waals surface area contributed by atoms with Crippen LogP contribution < -0.4 is 0 Å². The van der Waals surface area contributed by atoms with Crippen molar-refractivity contribution in [2.24, 2.45) is 0 Å². The van der Waals surface area contributed by atoms with Gasteiger partial charge in [-0.25, -0.2) is 0 Å². The molecule has 0 spiro atoms. The standard InChI is InChI=1S/C12H14F2O/c1-2-11(15)12(13,14)9-8-10-6-4-3-5-7-10/h3-7H,2,8-9H2,1H3. The minimum absolute atomic E-state index is 0.109. The molecule has 0 aliphatic heterocycles. The van der Waals surface area contributed by atoms with Gasteiger partial charge in [-0.05, 0) is 12.0 Å². The minimum atomic E-state index is -3.18. The Morgan fingerprint density at radius 3 is 2.40 bits per heavy atom. The zero-order chi connectivity index (χ0) is 11.3. The summed E-state index contributed by atoms with van der Waals surface area (Å²) in [6.45, 7) is 1.46. The molecule has 0 heterocycles. The molecule has 0 saturated carbocycles. The van der Waals surface area contributed by atoms with Crippen LogP contribution in [-0.2, 0) is 11.2 Å². The number of rotatable bonds is 5. The van der Waals surface area contributed by atoms with Crippen molar-refractivity contribution in [2.75, 3.05) is 0 Å². The van der Waals surface area contributed by atoms with Gasteiger partial charge in [-0.1, -0.05) is 37.3 Å². The lowest BCUT2D eigenvalue weighted by Gasteiger charge is -2.13. The van der Waals surface area contributed by atoms with Crippen molar-refractivity contribution in [1.82, 2.24) is 0 Å². The Labute approximate surface area is 88.1 Å². The number of benzene rings is 1. The summed E-state index contributed by atoms with van der Waals surface area (Å²) < 4.78 is 26.3. The van der Waals surface area contributed by atoms with E-state index in [1.54, 1.807) is 24.3 Å². The van der Waals surface area contributed by atoms with Gasteiger partial charge in [-0.15, -0.1) is 0 Å². The molecule has 0 aromatic heterocycles. The Morgan fingerprint density at radius 2 is 1.87 bits per heavy atom. The minimum Gasteiger partial charge on any atom is -0.293 e. The van der Waals surface area contributed by atoms with Crippen LogP contribution >= 0.6 is 0 Å². The van der Waals surface area contributed by atoms with E-state index in [4.69, 9.17) is 0 Å². The van der Waals surface area contributed by atoms with Crippen LogP contribution in [0.1, 0.15) is 25.3 Å². The first-order valence-corrected chi connectivity index (χ1v) is 5.01. The van der Waals surface area contributed by atoms with E-state index in [0.29, 0.717) is 0 Å². The van der Waals surface area contributed by atoms with E-state index in [2.05, 4.69) is 0 Å². The van der Waals surface area contributed by atoms with Gasteiger partial charge in [0.25, 0.3) is 0 Å². The first kappa shape index (κ1) is 11.8. The summed E-state index contributed by atoms with van der Waals surface area (Å²) in [6.07, 6.45) is -0.273. The van der Waals surface area contributed by atoms with Gasteiger partial charge in [-0.3, -0.25) is 4.79 Å². The summed E-state index contributed by atoms with van der Waals surface area (Å²) in [4.78, 5) is 10.9. The van der Waals surface area contributed by atoms with Crippen molar-refractivity contribution in [3.8, 4) is 0 Å². The third-order valence-corrected chi connectivity index (χ3v) is 2.30. The number of ketones is 1. The summed E-state index contributed by atoms with van der Waals surface area (Å²) in [5, 5.41) is 0. The van der Waals surface area contributed by atoms with Crippen LogP contribution in [0.15, 0.2) is 30.3 Å². The number of hydrogen-bond acceptors (Lipinski definition) is 1. The maximum atomic E-state index is 13.2. The molecule has 1 rings (SSSR count). The van der Waals surface area contributed by atoms with Gasteiger partial charge in [-0.2, -0.15) is 8.78 Å². The molecule has 82 valence electrons. The monoisotopic (exact) mass is 212 g/mol. The maximum Gasteiger partial charge on any atom is 0.305 e. The van der Waals surface area contributed by atoms with Crippen molar-refractivity contribution in [3.05, 3.63) is 35.9 Å². The molecule has 0 N–H and O–H groups in total. The van der Waals surface area contributed by atoms with Crippen LogP contribution in [-0.4, -0.2) is 11.7 Å². The number of carbonyl (C=O) groups excluding carboxylic acids is 1. The van der Waals surface area contributed by atoms with Crippen molar-refractivity contribution in [2.45, 2.75) is 32.1 Å². The fraction of sp³-hybridized carbons (Fsp3) is 0.417. The highest BCUT2D eigenvalue weighted by molar-refractivity contribution is 5.85. The molecule has 0 aliphatic rings. The van der Waals surface area contributed by atoms with E-state index in [0.717, 1.165) is 5.56 Å². The van der Waals surface area contributed by atoms with Crippen LogP contribution in [0.25, 0.3) is 0 Å². The van der Waals surface area contributed by atoms with Crippen molar-refractivity contribution < 1.29 is 13.6 Å². The molecule has 15 heavy (non-hydrogen) atoms. The van der Waals surface area contributed by atoms with Crippen LogP contribution in [0, 0.1) is 0 Å². The summed E-state index contributed by atoms with van der Waals surface area (Å²) in [5.41, 5.74) is 0.834. The molecular formula is C12H14F2O. The number of carbonyl (C=O) groups is 1. The van der Waals surface area contributed by atoms with Gasteiger partial charge < -0.3 is 0 Å². The van der Waals surface area contributed by atoms with Gasteiger partial charge in [0.1, 0.15) is 0 Å². The number of alkyl halides is 2. The topological polar surface area (TPSA) is 17.1 Å². The number of aryl methyl sites for hydroxylation is 1. The average Bonchev–Trinajstić information content (AvgIpc) is 2.27. The molecule has 0 radical (unpaired) electrons. The first-order chi connectivity index (χ1) is 7.06. The molecule has 0 aliphatic carbocycles. The normalized spacial score (nSPS) is 11.4. The fourth-order valence-electron chi connectivity index (χ4n) is 1.34. The summed E-state index contributed by atoms with van der Waals surface area (Å²) in [7, 11) is 0. The molecule has 0 unspecified atom stereocenters. The van der Waals surface area contributed by atoms with E-state index in [9.17, 15) is 13.6 Å². The van der Waals surface area contributed by atoms with Crippen molar-refractivity contribution in [3.63, 3.8) is 0 Å². The van der Waals surface area contributed by atoms with Crippen molar-refractivity contribution in [1.29, 1.82) is 0 Å². The molecule has 3 heteroatoms. The van der Waals surface area contributed by atoms with E-state index in [1.165, 1.54) is 6.92 Å². The number of hydrogen-bond donors (Lipinski definition) is 0. The molecular weight excluding hydrogens is 198 g/mol. The SMILES string of the molecule is CCC(=O)C(F)(F)CCc1ccccc1. The van der Waals surface area contributed by atoms with Crippen LogP contribution in [0.2, 0.25) is 0 Å². The summed E-state index contributed by atoms with van der Waals surface area (Å²) in [5.74, 6) is -4.15. The molecule has 1 aromatic carbocycles. The highest BCUT2D eigenvalue weighted by Gasteiger charge is 2.35. The zero-order valence-corrected chi connectivity index (χ0v) is 8.67. The smallest absolute Gasteiger partial charge is 0.293 e. The molecule has 0 bridgehead atoms. The van der Waals surface area contributed by atoms with Gasteiger partial charge in [0.2, 0.25) is 5.78 Å². The predicted molar refractivity (Wildman–Crippen MR) is 55.0 cm³/mol. The Hall–Kier alpha value is -1.25. The number of Topliss-reactive ketones (excluding diaryl/α,β-unsaturated/α-hetero) is 1. The number of halogens is 2. The van der Waals surface area contributed by atoms with Crippen LogP contribution in [0.4, 0.5) is 8.78 Å². The summed E-state index contributed by atoms with van der Waals surface area (Å²) in [6, 6.07) is 9.00. The van der Waals surface area contributed by atoms with E-state index < -0.39 is 18.1 Å². The Kier molecular flexibility index (Phi) is 3.95. The van der Waals surface area contributed by atoms with Crippen LogP contribution in [0.5, 0.6) is 0 Å². The zero-order valence-electron chi connectivity index (χ0n) is 8.67. The van der Waals surface area contributed by atoms with Gasteiger partial charge in [0.15, 0.2) is 0 Å². The fourth-order valence-corrected chi connectivity index (χ4v) is 1.34. The average molecular weight is 212 g/mol. The lowest BCUT2D eigenvalue weighted by atomic mass is 10.0. The molecule has 0 fully saturated rings. The second-order valence-electron chi connectivity index (χ2n) is 3.47. The maximum absolute atomic E-state index is 13.2. The second kappa shape index (κ2) is 5.01. The Bertz CT molecular complexity index is 320. The van der Waals surface area contributed by atoms with Gasteiger partial charge in [0, 0.05) is 12.8 Å². The second-order valence-corrected chi connectivity index (χ2v) is 3.47. The van der Waals surface area contributed by atoms with E-state index in [1.807, 2.05) is 6.07 Å². The quantitative estimate of drug-likeness (QED) is 0.732.